The van der Waals surface area contributed by atoms with E-state index >= 15 is 0 Å². The van der Waals surface area contributed by atoms with Gasteiger partial charge in [-0.05, 0) is 49.1 Å². The van der Waals surface area contributed by atoms with Crippen molar-refractivity contribution in [1.29, 1.82) is 0 Å². The Balaban J connectivity index is 1.53. The lowest BCUT2D eigenvalue weighted by molar-refractivity contribution is -0.118. The first kappa shape index (κ1) is 14.8. The van der Waals surface area contributed by atoms with E-state index in [2.05, 4.69) is 17.4 Å². The summed E-state index contributed by atoms with van der Waals surface area (Å²) in [7, 11) is 0. The fourth-order valence-corrected chi connectivity index (χ4v) is 2.83. The summed E-state index contributed by atoms with van der Waals surface area (Å²) in [6.45, 7) is 2.11. The number of aromatic nitrogens is 1. The number of carbonyl (C=O) groups is 1. The van der Waals surface area contributed by atoms with Gasteiger partial charge in [-0.25, -0.2) is 0 Å². The Labute approximate surface area is 139 Å². The summed E-state index contributed by atoms with van der Waals surface area (Å²) in [6, 6.07) is 13.3. The van der Waals surface area contributed by atoms with Crippen LogP contribution in [0.5, 0.6) is 0 Å². The van der Waals surface area contributed by atoms with E-state index in [-0.39, 0.29) is 5.91 Å². The van der Waals surface area contributed by atoms with E-state index < -0.39 is 5.41 Å². The molecule has 122 valence electrons. The number of hydrogen-bond acceptors (Lipinski definition) is 4. The first-order valence-electron chi connectivity index (χ1n) is 8.13. The fourth-order valence-electron chi connectivity index (χ4n) is 2.83. The summed E-state index contributed by atoms with van der Waals surface area (Å²) >= 11 is 0. The molecule has 0 radical (unpaired) electrons. The zero-order chi connectivity index (χ0) is 16.6. The van der Waals surface area contributed by atoms with Crippen molar-refractivity contribution in [1.82, 2.24) is 5.16 Å². The number of furan rings is 1. The number of amides is 1. The standard InChI is InChI=1S/C19H18N2O3/c1-2-13-5-7-14(8-6-13)20-18(22)19(9-10-19)17-12-16(24-21-17)15-4-3-11-23-15/h3-8,11-12H,2,9-10H2,1H3,(H,20,22). The molecule has 0 saturated heterocycles. The van der Waals surface area contributed by atoms with Crippen molar-refractivity contribution < 1.29 is 13.7 Å². The highest BCUT2D eigenvalue weighted by atomic mass is 16.5. The Morgan fingerprint density at radius 1 is 1.21 bits per heavy atom. The van der Waals surface area contributed by atoms with Crippen molar-refractivity contribution in [2.75, 3.05) is 5.32 Å². The van der Waals surface area contributed by atoms with Gasteiger partial charge in [-0.15, -0.1) is 0 Å². The van der Waals surface area contributed by atoms with Gasteiger partial charge < -0.3 is 14.3 Å². The maximum absolute atomic E-state index is 12.7. The van der Waals surface area contributed by atoms with Crippen LogP contribution >= 0.6 is 0 Å². The molecule has 0 atom stereocenters. The molecule has 0 spiro atoms. The smallest absolute Gasteiger partial charge is 0.236 e. The summed E-state index contributed by atoms with van der Waals surface area (Å²) in [5.41, 5.74) is 2.13. The minimum Gasteiger partial charge on any atom is -0.461 e. The Kier molecular flexibility index (Phi) is 3.49. The highest BCUT2D eigenvalue weighted by Gasteiger charge is 2.53. The molecular formula is C19H18N2O3. The van der Waals surface area contributed by atoms with Gasteiger partial charge in [0.2, 0.25) is 11.7 Å². The zero-order valence-electron chi connectivity index (χ0n) is 13.4. The van der Waals surface area contributed by atoms with Crippen molar-refractivity contribution in [2.45, 2.75) is 31.6 Å². The molecule has 0 unspecified atom stereocenters. The topological polar surface area (TPSA) is 68.3 Å². The third kappa shape index (κ3) is 2.52. The largest absolute Gasteiger partial charge is 0.461 e. The van der Waals surface area contributed by atoms with Gasteiger partial charge >= 0.3 is 0 Å². The zero-order valence-corrected chi connectivity index (χ0v) is 13.4. The molecule has 2 aromatic heterocycles. The fraction of sp³-hybridized carbons (Fsp3) is 0.263. The molecule has 1 N–H and O–H groups in total. The van der Waals surface area contributed by atoms with Crippen LogP contribution in [-0.2, 0) is 16.6 Å². The summed E-state index contributed by atoms with van der Waals surface area (Å²) in [4.78, 5) is 12.7. The second-order valence-corrected chi connectivity index (χ2v) is 6.14. The summed E-state index contributed by atoms with van der Waals surface area (Å²) in [6.07, 6.45) is 4.11. The second-order valence-electron chi connectivity index (χ2n) is 6.14. The van der Waals surface area contributed by atoms with E-state index in [1.165, 1.54) is 5.56 Å². The summed E-state index contributed by atoms with van der Waals surface area (Å²) < 4.78 is 10.7. The first-order valence-corrected chi connectivity index (χ1v) is 8.13. The summed E-state index contributed by atoms with van der Waals surface area (Å²) in [5.74, 6) is 1.12. The minimum atomic E-state index is -0.586. The molecule has 24 heavy (non-hydrogen) atoms. The molecule has 0 bridgehead atoms. The maximum atomic E-state index is 12.7. The number of carbonyl (C=O) groups excluding carboxylic acids is 1. The molecule has 5 nitrogen and oxygen atoms in total. The van der Waals surface area contributed by atoms with Gasteiger partial charge in [-0.2, -0.15) is 0 Å². The highest BCUT2D eigenvalue weighted by molar-refractivity contribution is 6.01. The van der Waals surface area contributed by atoms with Gasteiger partial charge in [0.1, 0.15) is 0 Å². The molecule has 1 fully saturated rings. The number of hydrogen-bond donors (Lipinski definition) is 1. The van der Waals surface area contributed by atoms with Crippen LogP contribution in [0.15, 0.2) is 57.7 Å². The molecular weight excluding hydrogens is 304 g/mol. The van der Waals surface area contributed by atoms with Crippen LogP contribution in [0.25, 0.3) is 11.5 Å². The van der Waals surface area contributed by atoms with Crippen LogP contribution < -0.4 is 5.32 Å². The first-order chi connectivity index (χ1) is 11.7. The van der Waals surface area contributed by atoms with Crippen LogP contribution in [0.1, 0.15) is 31.0 Å². The van der Waals surface area contributed by atoms with E-state index in [0.29, 0.717) is 17.2 Å². The van der Waals surface area contributed by atoms with Gasteiger partial charge in [0.05, 0.1) is 17.4 Å². The van der Waals surface area contributed by atoms with E-state index in [4.69, 9.17) is 8.94 Å². The minimum absolute atomic E-state index is 0.0361. The Morgan fingerprint density at radius 3 is 2.62 bits per heavy atom. The van der Waals surface area contributed by atoms with Gasteiger partial charge in [-0.1, -0.05) is 24.2 Å². The Morgan fingerprint density at radius 2 is 2.00 bits per heavy atom. The third-order valence-corrected chi connectivity index (χ3v) is 4.57. The molecule has 1 aliphatic carbocycles. The molecule has 1 amide bonds. The van der Waals surface area contributed by atoms with Crippen LogP contribution in [-0.4, -0.2) is 11.1 Å². The SMILES string of the molecule is CCc1ccc(NC(=O)C2(c3cc(-c4ccco4)on3)CC2)cc1. The normalized spacial score (nSPS) is 15.2. The molecule has 0 aliphatic heterocycles. The van der Waals surface area contributed by atoms with Crippen LogP contribution in [0.2, 0.25) is 0 Å². The van der Waals surface area contributed by atoms with Gasteiger partial charge in [0.25, 0.3) is 0 Å². The average Bonchev–Trinajstić information content (AvgIpc) is 3.02. The Bertz CT molecular complexity index is 843. The summed E-state index contributed by atoms with van der Waals surface area (Å²) in [5, 5.41) is 7.10. The predicted octanol–water partition coefficient (Wildman–Crippen LogP) is 4.17. The quantitative estimate of drug-likeness (QED) is 0.765. The molecule has 4 rings (SSSR count). The van der Waals surface area contributed by atoms with Crippen molar-refractivity contribution >= 4 is 11.6 Å². The number of anilines is 1. The van der Waals surface area contributed by atoms with Gasteiger partial charge in [0.15, 0.2) is 5.76 Å². The number of aryl methyl sites for hydroxylation is 1. The highest BCUT2D eigenvalue weighted by Crippen LogP contribution is 2.49. The van der Waals surface area contributed by atoms with Crippen LogP contribution in [0, 0.1) is 0 Å². The van der Waals surface area contributed by atoms with Crippen molar-refractivity contribution in [3.63, 3.8) is 0 Å². The molecule has 5 heteroatoms. The van der Waals surface area contributed by atoms with Crippen molar-refractivity contribution in [2.24, 2.45) is 0 Å². The molecule has 1 aliphatic rings. The van der Waals surface area contributed by atoms with E-state index in [1.807, 2.05) is 24.3 Å². The molecule has 3 aromatic rings. The van der Waals surface area contributed by atoms with Crippen molar-refractivity contribution in [3.05, 3.63) is 60.0 Å². The number of nitrogens with one attached hydrogen (secondary N) is 1. The number of nitrogens with zero attached hydrogens (tertiary/aromatic N) is 1. The number of rotatable bonds is 5. The second kappa shape index (κ2) is 5.67. The van der Waals surface area contributed by atoms with Crippen LogP contribution in [0.3, 0.4) is 0 Å². The van der Waals surface area contributed by atoms with Crippen molar-refractivity contribution in [3.8, 4) is 11.5 Å². The third-order valence-electron chi connectivity index (χ3n) is 4.57. The molecule has 1 aromatic carbocycles. The van der Waals surface area contributed by atoms with Gasteiger partial charge in [-0.3, -0.25) is 4.79 Å². The monoisotopic (exact) mass is 322 g/mol. The maximum Gasteiger partial charge on any atom is 0.236 e. The number of benzene rings is 1. The average molecular weight is 322 g/mol. The Hall–Kier alpha value is -2.82. The molecule has 1 saturated carbocycles. The van der Waals surface area contributed by atoms with E-state index in [0.717, 1.165) is 24.9 Å². The predicted molar refractivity (Wildman–Crippen MR) is 89.6 cm³/mol. The lowest BCUT2D eigenvalue weighted by atomic mass is 10.0. The van der Waals surface area contributed by atoms with Gasteiger partial charge in [0, 0.05) is 11.8 Å². The van der Waals surface area contributed by atoms with E-state index in [9.17, 15) is 4.79 Å². The lowest BCUT2D eigenvalue weighted by Crippen LogP contribution is -2.28. The van der Waals surface area contributed by atoms with E-state index in [1.54, 1.807) is 24.5 Å². The molecule has 2 heterocycles. The van der Waals surface area contributed by atoms with Crippen LogP contribution in [0.4, 0.5) is 5.69 Å². The lowest BCUT2D eigenvalue weighted by Gasteiger charge is -2.12.